The van der Waals surface area contributed by atoms with Crippen LogP contribution in [0.2, 0.25) is 0 Å². The fourth-order valence-electron chi connectivity index (χ4n) is 5.10. The van der Waals surface area contributed by atoms with E-state index < -0.39 is 21.6 Å². The Labute approximate surface area is 198 Å². The van der Waals surface area contributed by atoms with Crippen molar-refractivity contribution in [1.29, 1.82) is 0 Å². The molecule has 188 valence electrons. The van der Waals surface area contributed by atoms with Crippen molar-refractivity contribution in [3.63, 3.8) is 0 Å². The van der Waals surface area contributed by atoms with Crippen LogP contribution in [-0.2, 0) is 30.2 Å². The van der Waals surface area contributed by atoms with Gasteiger partial charge in [-0.3, -0.25) is 0 Å². The molecule has 0 radical (unpaired) electrons. The number of ether oxygens (including phenoxy) is 1. The van der Waals surface area contributed by atoms with Crippen LogP contribution in [0.5, 0.6) is 5.75 Å². The highest BCUT2D eigenvalue weighted by Crippen LogP contribution is 2.38. The first-order valence-electron chi connectivity index (χ1n) is 11.6. The number of hydrogen-bond donors (Lipinski definition) is 0. The van der Waals surface area contributed by atoms with Gasteiger partial charge in [-0.1, -0.05) is 31.7 Å². The molecule has 1 unspecified atom stereocenters. The Balaban J connectivity index is 1.76. The summed E-state index contributed by atoms with van der Waals surface area (Å²) < 4.78 is 73.5. The zero-order chi connectivity index (χ0) is 24.5. The van der Waals surface area contributed by atoms with Crippen molar-refractivity contribution in [3.8, 4) is 5.75 Å². The molecule has 34 heavy (non-hydrogen) atoms. The number of hydrogen-bond acceptors (Lipinski definition) is 5. The molecule has 11 heteroatoms. The van der Waals surface area contributed by atoms with Crippen LogP contribution in [0.15, 0.2) is 30.7 Å². The number of aromatic nitrogens is 2. The molecule has 0 amide bonds. The maximum atomic E-state index is 13.6. The molecule has 1 fully saturated rings. The molecule has 1 atom stereocenters. The molecule has 2 heterocycles. The van der Waals surface area contributed by atoms with Crippen LogP contribution in [-0.4, -0.2) is 47.5 Å². The van der Waals surface area contributed by atoms with Crippen molar-refractivity contribution < 1.29 is 26.3 Å². The van der Waals surface area contributed by atoms with Gasteiger partial charge in [0.15, 0.2) is 0 Å². The number of sulfonamides is 1. The highest BCUT2D eigenvalue weighted by molar-refractivity contribution is 7.89. The number of halogens is 3. The lowest BCUT2D eigenvalue weighted by Gasteiger charge is -2.34. The molecule has 1 aromatic heterocycles. The molecule has 0 saturated heterocycles. The van der Waals surface area contributed by atoms with Gasteiger partial charge in [-0.2, -0.15) is 17.5 Å². The predicted molar refractivity (Wildman–Crippen MR) is 123 cm³/mol. The van der Waals surface area contributed by atoms with E-state index in [0.29, 0.717) is 40.2 Å². The first kappa shape index (κ1) is 24.8. The summed E-state index contributed by atoms with van der Waals surface area (Å²) in [5, 5.41) is 0. The lowest BCUT2D eigenvalue weighted by atomic mass is 9.97. The molecule has 2 aromatic rings. The van der Waals surface area contributed by atoms with E-state index in [1.807, 2.05) is 22.7 Å². The first-order valence-corrected chi connectivity index (χ1v) is 13.0. The van der Waals surface area contributed by atoms with Crippen LogP contribution < -0.4 is 9.64 Å². The minimum Gasteiger partial charge on any atom is -0.497 e. The van der Waals surface area contributed by atoms with Gasteiger partial charge in [0.2, 0.25) is 0 Å². The molecule has 1 saturated carbocycles. The Bertz CT molecular complexity index is 1100. The van der Waals surface area contributed by atoms with Crippen LogP contribution in [0.1, 0.15) is 49.8 Å². The summed E-state index contributed by atoms with van der Waals surface area (Å²) in [5.41, 5.74) is -3.41. The monoisotopic (exact) mass is 500 g/mol. The number of benzene rings is 1. The number of anilines is 1. The van der Waals surface area contributed by atoms with Gasteiger partial charge in [-0.25, -0.2) is 13.4 Å². The van der Waals surface area contributed by atoms with E-state index in [9.17, 15) is 21.6 Å². The van der Waals surface area contributed by atoms with E-state index in [4.69, 9.17) is 4.74 Å². The van der Waals surface area contributed by atoms with Crippen molar-refractivity contribution in [2.45, 2.75) is 63.2 Å². The molecule has 2 aliphatic rings. The number of rotatable bonds is 7. The Morgan fingerprint density at radius 1 is 1.18 bits per heavy atom. The minimum absolute atomic E-state index is 0.238. The molecule has 7 nitrogen and oxygen atoms in total. The lowest BCUT2D eigenvalue weighted by Crippen LogP contribution is -2.47. The molecule has 0 bridgehead atoms. The van der Waals surface area contributed by atoms with Gasteiger partial charge in [-0.15, -0.1) is 0 Å². The van der Waals surface area contributed by atoms with Crippen molar-refractivity contribution >= 4 is 15.7 Å². The zero-order valence-electron chi connectivity index (χ0n) is 19.5. The quantitative estimate of drug-likeness (QED) is 0.562. The van der Waals surface area contributed by atoms with Crippen molar-refractivity contribution in [2.24, 2.45) is 13.0 Å². The largest absolute Gasteiger partial charge is 0.511 e. The molecule has 1 aliphatic carbocycles. The molecule has 4 rings (SSSR count). The smallest absolute Gasteiger partial charge is 0.497 e. The van der Waals surface area contributed by atoms with E-state index in [2.05, 4.69) is 4.98 Å². The summed E-state index contributed by atoms with van der Waals surface area (Å²) in [5.74, 6) is 1.09. The summed E-state index contributed by atoms with van der Waals surface area (Å²) in [7, 11) is -2.11. The highest BCUT2D eigenvalue weighted by atomic mass is 32.2. The van der Waals surface area contributed by atoms with Crippen LogP contribution >= 0.6 is 0 Å². The number of imidazole rings is 1. The third-order valence-corrected chi connectivity index (χ3v) is 8.45. The summed E-state index contributed by atoms with van der Waals surface area (Å²) >= 11 is 0. The third kappa shape index (κ3) is 5.19. The van der Waals surface area contributed by atoms with Gasteiger partial charge < -0.3 is 14.2 Å². The van der Waals surface area contributed by atoms with Crippen molar-refractivity contribution in [2.75, 3.05) is 18.6 Å². The van der Waals surface area contributed by atoms with Crippen LogP contribution in [0.3, 0.4) is 0 Å². The molecular formula is C23H31F3N4O3S. The van der Waals surface area contributed by atoms with Gasteiger partial charge in [-0.05, 0) is 30.4 Å². The minimum atomic E-state index is -5.49. The average Bonchev–Trinajstić information content (AvgIpc) is 3.42. The molecule has 0 spiro atoms. The van der Waals surface area contributed by atoms with Crippen molar-refractivity contribution in [3.05, 3.63) is 42.0 Å². The fourth-order valence-corrected chi connectivity index (χ4v) is 6.07. The second kappa shape index (κ2) is 9.77. The Hall–Kier alpha value is -2.27. The summed E-state index contributed by atoms with van der Waals surface area (Å²) in [6.07, 6.45) is 9.55. The molecule has 1 aliphatic heterocycles. The zero-order valence-corrected chi connectivity index (χ0v) is 20.3. The summed E-state index contributed by atoms with van der Waals surface area (Å²) in [6.45, 7) is -0.228. The highest BCUT2D eigenvalue weighted by Gasteiger charge is 2.51. The van der Waals surface area contributed by atoms with E-state index in [-0.39, 0.29) is 13.1 Å². The van der Waals surface area contributed by atoms with E-state index in [1.54, 1.807) is 24.5 Å². The standard InChI is InChI=1S/C23H31F3N4O3S/c1-28-13-19(27-16-28)14-30-20(9-7-17-5-3-4-6-17)15-29(34(31,32)23(24,25)26)12-18-8-10-21(33-2)11-22(18)30/h8,10-11,13,16-17,20H,3-7,9,12,14-15H2,1-2H3. The van der Waals surface area contributed by atoms with Gasteiger partial charge in [0, 0.05) is 44.1 Å². The number of fused-ring (bicyclic) bond motifs is 1. The maximum absolute atomic E-state index is 13.6. The SMILES string of the molecule is COc1ccc2c(c1)N(Cc1cn(C)cn1)C(CCC1CCCC1)CN(S(=O)(=O)C(F)(F)F)C2. The fraction of sp³-hybridized carbons (Fsp3) is 0.609. The lowest BCUT2D eigenvalue weighted by molar-refractivity contribution is -0.0492. The number of nitrogens with zero attached hydrogens (tertiary/aromatic N) is 4. The Morgan fingerprint density at radius 2 is 1.91 bits per heavy atom. The topological polar surface area (TPSA) is 67.7 Å². The molecular weight excluding hydrogens is 469 g/mol. The first-order chi connectivity index (χ1) is 16.1. The maximum Gasteiger partial charge on any atom is 0.511 e. The summed E-state index contributed by atoms with van der Waals surface area (Å²) in [4.78, 5) is 6.43. The molecule has 0 N–H and O–H groups in total. The Kier molecular flexibility index (Phi) is 7.14. The second-order valence-corrected chi connectivity index (χ2v) is 11.2. The van der Waals surface area contributed by atoms with E-state index in [0.717, 1.165) is 25.0 Å². The predicted octanol–water partition coefficient (Wildman–Crippen LogP) is 4.44. The van der Waals surface area contributed by atoms with Crippen LogP contribution in [0.25, 0.3) is 0 Å². The average molecular weight is 501 g/mol. The van der Waals surface area contributed by atoms with E-state index >= 15 is 0 Å². The van der Waals surface area contributed by atoms with Crippen LogP contribution in [0, 0.1) is 5.92 Å². The number of aryl methyl sites for hydroxylation is 1. The number of methoxy groups -OCH3 is 1. The van der Waals surface area contributed by atoms with Gasteiger partial charge in [0.25, 0.3) is 0 Å². The summed E-state index contributed by atoms with van der Waals surface area (Å²) in [6, 6.07) is 4.64. The van der Waals surface area contributed by atoms with Crippen LogP contribution in [0.4, 0.5) is 18.9 Å². The van der Waals surface area contributed by atoms with Gasteiger partial charge >= 0.3 is 15.5 Å². The van der Waals surface area contributed by atoms with E-state index in [1.165, 1.54) is 20.0 Å². The van der Waals surface area contributed by atoms with Gasteiger partial charge in [0.05, 0.1) is 25.7 Å². The van der Waals surface area contributed by atoms with Gasteiger partial charge in [0.1, 0.15) is 5.75 Å². The third-order valence-electron chi connectivity index (χ3n) is 6.91. The normalized spacial score (nSPS) is 20.4. The second-order valence-electron chi connectivity index (χ2n) is 9.28. The molecule has 1 aromatic carbocycles. The number of alkyl halides is 3. The van der Waals surface area contributed by atoms with Crippen molar-refractivity contribution in [1.82, 2.24) is 13.9 Å². The Morgan fingerprint density at radius 3 is 2.53 bits per heavy atom.